The Bertz CT molecular complexity index is 1140. The number of amides is 1. The number of hydrogen-bond acceptors (Lipinski definition) is 5. The maximum absolute atomic E-state index is 12.7. The lowest BCUT2D eigenvalue weighted by atomic mass is 10.1. The van der Waals surface area contributed by atoms with Crippen LogP contribution in [0.25, 0.3) is 6.08 Å². The third kappa shape index (κ3) is 5.14. The Morgan fingerprint density at radius 1 is 1.00 bits per heavy atom. The molecule has 2 aromatic carbocycles. The van der Waals surface area contributed by atoms with E-state index in [-0.39, 0.29) is 42.3 Å². The first kappa shape index (κ1) is 23.4. The minimum absolute atomic E-state index is 0.0333. The largest absolute Gasteiger partial charge is 0.416 e. The molecule has 0 spiro atoms. The van der Waals surface area contributed by atoms with Gasteiger partial charge >= 0.3 is 6.18 Å². The number of para-hydroxylation sites is 1. The number of rotatable bonds is 5. The highest BCUT2D eigenvalue weighted by atomic mass is 32.2. The molecule has 1 fully saturated rings. The molecule has 1 aliphatic rings. The lowest BCUT2D eigenvalue weighted by molar-refractivity contribution is -0.385. The molecule has 8 nitrogen and oxygen atoms in total. The number of carbonyl (C=O) groups excluding carboxylic acids is 1. The number of halogens is 3. The standard InChI is InChI=1S/C20H18F3N3O5S/c21-20(22,23)16-6-8-17(9-7-16)32(30,31)25-13-11-24(12-14-25)19(27)10-5-15-3-1-2-4-18(15)26(28)29/h1-10H,11-14H2/b10-5+. The van der Waals surface area contributed by atoms with Gasteiger partial charge in [0.1, 0.15) is 0 Å². The van der Waals surface area contributed by atoms with Gasteiger partial charge in [-0.25, -0.2) is 8.42 Å². The number of nitro benzene ring substituents is 1. The van der Waals surface area contributed by atoms with Gasteiger partial charge in [-0.1, -0.05) is 12.1 Å². The summed E-state index contributed by atoms with van der Waals surface area (Å²) in [5.41, 5.74) is -0.837. The molecule has 1 heterocycles. The summed E-state index contributed by atoms with van der Waals surface area (Å²) < 4.78 is 64.6. The highest BCUT2D eigenvalue weighted by Gasteiger charge is 2.33. The molecule has 3 rings (SSSR count). The zero-order valence-electron chi connectivity index (χ0n) is 16.5. The molecule has 1 saturated heterocycles. The van der Waals surface area contributed by atoms with E-state index in [2.05, 4.69) is 0 Å². The van der Waals surface area contributed by atoms with Crippen LogP contribution in [0.3, 0.4) is 0 Å². The topological polar surface area (TPSA) is 101 Å². The van der Waals surface area contributed by atoms with Gasteiger partial charge in [0.2, 0.25) is 15.9 Å². The molecule has 0 aliphatic carbocycles. The summed E-state index contributed by atoms with van der Waals surface area (Å²) in [4.78, 5) is 24.0. The fraction of sp³-hybridized carbons (Fsp3) is 0.250. The van der Waals surface area contributed by atoms with Gasteiger partial charge in [-0.05, 0) is 36.4 Å². The van der Waals surface area contributed by atoms with Crippen molar-refractivity contribution in [2.75, 3.05) is 26.2 Å². The highest BCUT2D eigenvalue weighted by Crippen LogP contribution is 2.30. The van der Waals surface area contributed by atoms with Crippen LogP contribution < -0.4 is 0 Å². The molecule has 0 saturated carbocycles. The number of nitro groups is 1. The van der Waals surface area contributed by atoms with Crippen molar-refractivity contribution < 1.29 is 31.3 Å². The minimum Gasteiger partial charge on any atom is -0.337 e. The second kappa shape index (κ2) is 9.09. The normalized spacial score (nSPS) is 15.8. The van der Waals surface area contributed by atoms with Crippen LogP contribution >= 0.6 is 0 Å². The first-order chi connectivity index (χ1) is 15.0. The van der Waals surface area contributed by atoms with Crippen molar-refractivity contribution in [3.8, 4) is 0 Å². The summed E-state index contributed by atoms with van der Waals surface area (Å²) in [5, 5.41) is 11.0. The average Bonchev–Trinajstić information content (AvgIpc) is 2.77. The number of piperazine rings is 1. The number of carbonyl (C=O) groups is 1. The number of sulfonamides is 1. The summed E-state index contributed by atoms with van der Waals surface area (Å²) >= 11 is 0. The minimum atomic E-state index is -4.57. The van der Waals surface area contributed by atoms with Crippen molar-refractivity contribution in [3.63, 3.8) is 0 Å². The van der Waals surface area contributed by atoms with E-state index >= 15 is 0 Å². The molecule has 0 unspecified atom stereocenters. The van der Waals surface area contributed by atoms with Crippen LogP contribution in [0.15, 0.2) is 59.5 Å². The van der Waals surface area contributed by atoms with E-state index in [9.17, 15) is 36.5 Å². The summed E-state index contributed by atoms with van der Waals surface area (Å²) in [6, 6.07) is 9.15. The van der Waals surface area contributed by atoms with Gasteiger partial charge in [-0.3, -0.25) is 14.9 Å². The zero-order valence-corrected chi connectivity index (χ0v) is 17.3. The highest BCUT2D eigenvalue weighted by molar-refractivity contribution is 7.89. The van der Waals surface area contributed by atoms with Gasteiger partial charge in [-0.2, -0.15) is 17.5 Å². The Kier molecular flexibility index (Phi) is 6.65. The van der Waals surface area contributed by atoms with Gasteiger partial charge in [0.25, 0.3) is 5.69 Å². The van der Waals surface area contributed by atoms with Crippen molar-refractivity contribution in [1.29, 1.82) is 0 Å². The Labute approximate surface area is 181 Å². The van der Waals surface area contributed by atoms with Crippen molar-refractivity contribution in [2.45, 2.75) is 11.1 Å². The maximum atomic E-state index is 12.7. The van der Waals surface area contributed by atoms with Crippen LogP contribution in [-0.4, -0.2) is 54.6 Å². The Morgan fingerprint density at radius 2 is 1.59 bits per heavy atom. The third-order valence-electron chi connectivity index (χ3n) is 4.91. The second-order valence-corrected chi connectivity index (χ2v) is 8.84. The van der Waals surface area contributed by atoms with Crippen molar-refractivity contribution >= 4 is 27.7 Å². The first-order valence-electron chi connectivity index (χ1n) is 9.38. The summed E-state index contributed by atoms with van der Waals surface area (Å²) in [7, 11) is -4.01. The first-order valence-corrected chi connectivity index (χ1v) is 10.8. The maximum Gasteiger partial charge on any atom is 0.416 e. The van der Waals surface area contributed by atoms with Crippen molar-refractivity contribution in [2.24, 2.45) is 0 Å². The van der Waals surface area contributed by atoms with Crippen LogP contribution in [0.1, 0.15) is 11.1 Å². The molecule has 12 heteroatoms. The van der Waals surface area contributed by atoms with Gasteiger partial charge in [0.05, 0.1) is 20.9 Å². The fourth-order valence-corrected chi connectivity index (χ4v) is 4.60. The molecule has 1 aliphatic heterocycles. The summed E-state index contributed by atoms with van der Waals surface area (Å²) in [5.74, 6) is -0.435. The average molecular weight is 469 g/mol. The molecular weight excluding hydrogens is 451 g/mol. The molecule has 2 aromatic rings. The zero-order chi connectivity index (χ0) is 23.5. The number of hydrogen-bond donors (Lipinski definition) is 0. The number of nitrogens with zero attached hydrogens (tertiary/aromatic N) is 3. The quantitative estimate of drug-likeness (QED) is 0.380. The van der Waals surface area contributed by atoms with E-state index in [4.69, 9.17) is 0 Å². The monoisotopic (exact) mass is 469 g/mol. The van der Waals surface area contributed by atoms with Gasteiger partial charge in [0.15, 0.2) is 0 Å². The molecule has 170 valence electrons. The van der Waals surface area contributed by atoms with E-state index < -0.39 is 32.6 Å². The van der Waals surface area contributed by atoms with Crippen LogP contribution in [0.4, 0.5) is 18.9 Å². The molecule has 0 aromatic heterocycles. The Balaban J connectivity index is 1.64. The van der Waals surface area contributed by atoms with Gasteiger partial charge in [0, 0.05) is 38.3 Å². The number of alkyl halides is 3. The fourth-order valence-electron chi connectivity index (χ4n) is 3.18. The predicted octanol–water partition coefficient (Wildman–Crippen LogP) is 3.16. The molecule has 32 heavy (non-hydrogen) atoms. The van der Waals surface area contributed by atoms with Crippen LogP contribution in [0.2, 0.25) is 0 Å². The van der Waals surface area contributed by atoms with Crippen LogP contribution in [-0.2, 0) is 21.0 Å². The van der Waals surface area contributed by atoms with E-state index in [1.807, 2.05) is 0 Å². The Morgan fingerprint density at radius 3 is 2.16 bits per heavy atom. The third-order valence-corrected chi connectivity index (χ3v) is 6.82. The molecule has 0 bridgehead atoms. The molecule has 1 amide bonds. The van der Waals surface area contributed by atoms with Crippen LogP contribution in [0.5, 0.6) is 0 Å². The van der Waals surface area contributed by atoms with E-state index in [0.717, 1.165) is 16.4 Å². The molecule has 0 N–H and O–H groups in total. The van der Waals surface area contributed by atoms with Gasteiger partial charge in [-0.15, -0.1) is 0 Å². The van der Waals surface area contributed by atoms with E-state index in [0.29, 0.717) is 12.1 Å². The van der Waals surface area contributed by atoms with Gasteiger partial charge < -0.3 is 4.90 Å². The SMILES string of the molecule is O=C(/C=C/c1ccccc1[N+](=O)[O-])N1CCN(S(=O)(=O)c2ccc(C(F)(F)F)cc2)CC1. The molecular formula is C20H18F3N3O5S. The lowest BCUT2D eigenvalue weighted by Crippen LogP contribution is -2.50. The summed E-state index contributed by atoms with van der Waals surface area (Å²) in [6.45, 7) is 0.0721. The van der Waals surface area contributed by atoms with E-state index in [1.165, 1.54) is 35.3 Å². The Hall–Kier alpha value is -3.25. The van der Waals surface area contributed by atoms with Crippen molar-refractivity contribution in [3.05, 3.63) is 75.8 Å². The summed E-state index contributed by atoms with van der Waals surface area (Å²) in [6.07, 6.45) is -2.06. The number of benzene rings is 2. The van der Waals surface area contributed by atoms with Crippen LogP contribution in [0, 0.1) is 10.1 Å². The smallest absolute Gasteiger partial charge is 0.337 e. The molecule has 0 atom stereocenters. The predicted molar refractivity (Wildman–Crippen MR) is 109 cm³/mol. The van der Waals surface area contributed by atoms with E-state index in [1.54, 1.807) is 6.07 Å². The second-order valence-electron chi connectivity index (χ2n) is 6.90. The molecule has 0 radical (unpaired) electrons. The van der Waals surface area contributed by atoms with Crippen molar-refractivity contribution in [1.82, 2.24) is 9.21 Å². The lowest BCUT2D eigenvalue weighted by Gasteiger charge is -2.33.